The Hall–Kier alpha value is -2.27. The molecule has 0 N–H and O–H groups in total. The second kappa shape index (κ2) is 8.62. The predicted molar refractivity (Wildman–Crippen MR) is 108 cm³/mol. The van der Waals surface area contributed by atoms with E-state index in [-0.39, 0.29) is 11.5 Å². The molecule has 0 atom stereocenters. The van der Waals surface area contributed by atoms with Crippen LogP contribution in [0, 0.1) is 0 Å². The van der Waals surface area contributed by atoms with Crippen LogP contribution in [0.2, 0.25) is 0 Å². The number of aromatic nitrogens is 2. The third kappa shape index (κ3) is 4.67. The summed E-state index contributed by atoms with van der Waals surface area (Å²) in [7, 11) is -3.52. The summed E-state index contributed by atoms with van der Waals surface area (Å²) >= 11 is 3.41. The molecule has 1 aliphatic rings. The Morgan fingerprint density at radius 1 is 1.10 bits per heavy atom. The Bertz CT molecular complexity index is 1080. The molecule has 0 saturated carbocycles. The molecule has 0 spiro atoms. The Kier molecular flexibility index (Phi) is 5.95. The first-order chi connectivity index (χ1) is 14.0. The van der Waals surface area contributed by atoms with Gasteiger partial charge in [-0.1, -0.05) is 33.2 Å². The molecule has 1 saturated heterocycles. The van der Waals surface area contributed by atoms with Gasteiger partial charge in [0, 0.05) is 23.1 Å². The van der Waals surface area contributed by atoms with E-state index in [0.29, 0.717) is 43.8 Å². The van der Waals surface area contributed by atoms with E-state index in [1.165, 1.54) is 16.4 Å². The normalized spacial score (nSPS) is 15.3. The average Bonchev–Trinajstić information content (AvgIpc) is 3.22. The minimum absolute atomic E-state index is 0.0799. The van der Waals surface area contributed by atoms with E-state index in [0.717, 1.165) is 10.0 Å². The zero-order valence-electron chi connectivity index (χ0n) is 15.3. The van der Waals surface area contributed by atoms with E-state index < -0.39 is 10.0 Å². The van der Waals surface area contributed by atoms with Gasteiger partial charge in [0.15, 0.2) is 6.61 Å². The molecule has 3 aromatic rings. The first kappa shape index (κ1) is 20.0. The maximum Gasteiger partial charge on any atom is 0.264 e. The molecule has 8 nitrogen and oxygen atoms in total. The third-order valence-corrected chi connectivity index (χ3v) is 6.75. The fraction of sp³-hybridized carbons (Fsp3) is 0.263. The number of hydrogen-bond donors (Lipinski definition) is 0. The van der Waals surface area contributed by atoms with Crippen molar-refractivity contribution in [2.45, 2.75) is 11.5 Å². The molecule has 2 heterocycles. The molecule has 1 aromatic heterocycles. The van der Waals surface area contributed by atoms with Crippen molar-refractivity contribution in [3.05, 3.63) is 58.9 Å². The van der Waals surface area contributed by atoms with Crippen molar-refractivity contribution in [3.63, 3.8) is 0 Å². The van der Waals surface area contributed by atoms with Crippen molar-refractivity contribution >= 4 is 26.0 Å². The quantitative estimate of drug-likeness (QED) is 0.535. The molecule has 1 fully saturated rings. The molecule has 0 amide bonds. The van der Waals surface area contributed by atoms with E-state index in [1.807, 2.05) is 24.3 Å². The van der Waals surface area contributed by atoms with Gasteiger partial charge >= 0.3 is 0 Å². The molecule has 10 heteroatoms. The zero-order valence-corrected chi connectivity index (χ0v) is 17.7. The summed E-state index contributed by atoms with van der Waals surface area (Å²) in [6.07, 6.45) is 0. The summed E-state index contributed by atoms with van der Waals surface area (Å²) in [5, 5.41) is 3.96. The second-order valence-electron chi connectivity index (χ2n) is 6.30. The lowest BCUT2D eigenvalue weighted by Gasteiger charge is -2.26. The minimum atomic E-state index is -3.52. The van der Waals surface area contributed by atoms with Crippen LogP contribution >= 0.6 is 15.9 Å². The summed E-state index contributed by atoms with van der Waals surface area (Å²) in [5.41, 5.74) is 0.826. The molecule has 0 unspecified atom stereocenters. The van der Waals surface area contributed by atoms with E-state index in [9.17, 15) is 8.42 Å². The highest BCUT2D eigenvalue weighted by molar-refractivity contribution is 9.10. The highest BCUT2D eigenvalue weighted by Crippen LogP contribution is 2.23. The number of sulfonamides is 1. The van der Waals surface area contributed by atoms with Gasteiger partial charge in [0.05, 0.1) is 18.1 Å². The van der Waals surface area contributed by atoms with E-state index in [1.54, 1.807) is 12.1 Å². The Morgan fingerprint density at radius 2 is 1.86 bits per heavy atom. The largest absolute Gasteiger partial charge is 0.484 e. The zero-order chi connectivity index (χ0) is 20.3. The van der Waals surface area contributed by atoms with Gasteiger partial charge in [-0.3, -0.25) is 0 Å². The number of nitrogens with zero attached hydrogens (tertiary/aromatic N) is 3. The molecule has 2 aromatic carbocycles. The lowest BCUT2D eigenvalue weighted by Crippen LogP contribution is -2.40. The fourth-order valence-electron chi connectivity index (χ4n) is 2.85. The SMILES string of the molecule is O=S(=O)(c1ccc(OCc2nc(-c3cccc(Br)c3)no2)cc1)N1CCOCC1. The van der Waals surface area contributed by atoms with Crippen LogP contribution in [0.25, 0.3) is 11.4 Å². The second-order valence-corrected chi connectivity index (χ2v) is 9.15. The van der Waals surface area contributed by atoms with Crippen molar-refractivity contribution in [2.24, 2.45) is 0 Å². The van der Waals surface area contributed by atoms with Crippen LogP contribution in [-0.4, -0.2) is 49.2 Å². The summed E-state index contributed by atoms with van der Waals surface area (Å²) in [6, 6.07) is 13.9. The molecule has 1 aliphatic heterocycles. The van der Waals surface area contributed by atoms with Crippen LogP contribution in [0.15, 0.2) is 62.4 Å². The van der Waals surface area contributed by atoms with E-state index in [2.05, 4.69) is 26.1 Å². The van der Waals surface area contributed by atoms with E-state index >= 15 is 0 Å². The van der Waals surface area contributed by atoms with Crippen LogP contribution in [0.5, 0.6) is 5.75 Å². The maximum atomic E-state index is 12.6. The number of rotatable bonds is 6. The lowest BCUT2D eigenvalue weighted by molar-refractivity contribution is 0.0730. The van der Waals surface area contributed by atoms with Crippen molar-refractivity contribution in [2.75, 3.05) is 26.3 Å². The van der Waals surface area contributed by atoms with Gasteiger partial charge in [0.2, 0.25) is 15.8 Å². The summed E-state index contributed by atoms with van der Waals surface area (Å²) in [4.78, 5) is 4.54. The molecule has 0 radical (unpaired) electrons. The number of hydrogen-bond acceptors (Lipinski definition) is 7. The average molecular weight is 480 g/mol. The summed E-state index contributed by atoms with van der Waals surface area (Å²) < 4.78 is 43.7. The van der Waals surface area contributed by atoms with Gasteiger partial charge in [0.1, 0.15) is 5.75 Å². The third-order valence-electron chi connectivity index (χ3n) is 4.34. The van der Waals surface area contributed by atoms with Crippen molar-refractivity contribution in [1.29, 1.82) is 0 Å². The first-order valence-corrected chi connectivity index (χ1v) is 11.1. The molecule has 4 rings (SSSR count). The fourth-order valence-corrected chi connectivity index (χ4v) is 4.65. The van der Waals surface area contributed by atoms with E-state index in [4.69, 9.17) is 14.0 Å². The Balaban J connectivity index is 1.40. The monoisotopic (exact) mass is 479 g/mol. The van der Waals surface area contributed by atoms with Gasteiger partial charge < -0.3 is 14.0 Å². The van der Waals surface area contributed by atoms with Gasteiger partial charge in [-0.2, -0.15) is 9.29 Å². The molecule has 152 valence electrons. The maximum absolute atomic E-state index is 12.6. The molecule has 0 bridgehead atoms. The predicted octanol–water partition coefficient (Wildman–Crippen LogP) is 3.10. The topological polar surface area (TPSA) is 94.8 Å². The number of morpholine rings is 1. The van der Waals surface area contributed by atoms with Crippen LogP contribution < -0.4 is 4.74 Å². The van der Waals surface area contributed by atoms with Crippen LogP contribution in [-0.2, 0) is 21.4 Å². The highest BCUT2D eigenvalue weighted by Gasteiger charge is 2.26. The van der Waals surface area contributed by atoms with Gasteiger partial charge in [0.25, 0.3) is 5.89 Å². The Morgan fingerprint density at radius 3 is 2.59 bits per heavy atom. The van der Waals surface area contributed by atoms with Gasteiger partial charge in [-0.05, 0) is 36.4 Å². The smallest absolute Gasteiger partial charge is 0.264 e. The Labute approximate surface area is 176 Å². The number of benzene rings is 2. The molecular formula is C19H18BrN3O5S. The van der Waals surface area contributed by atoms with Crippen LogP contribution in [0.1, 0.15) is 5.89 Å². The van der Waals surface area contributed by atoms with Crippen LogP contribution in [0.3, 0.4) is 0 Å². The molecule has 29 heavy (non-hydrogen) atoms. The summed E-state index contributed by atoms with van der Waals surface area (Å²) in [5.74, 6) is 1.30. The van der Waals surface area contributed by atoms with Crippen LogP contribution in [0.4, 0.5) is 0 Å². The first-order valence-electron chi connectivity index (χ1n) is 8.92. The van der Waals surface area contributed by atoms with Crippen molar-refractivity contribution < 1.29 is 22.4 Å². The lowest BCUT2D eigenvalue weighted by atomic mass is 10.2. The minimum Gasteiger partial charge on any atom is -0.484 e. The van der Waals surface area contributed by atoms with Crippen molar-refractivity contribution in [3.8, 4) is 17.1 Å². The number of halogens is 1. The van der Waals surface area contributed by atoms with Gasteiger partial charge in [-0.15, -0.1) is 0 Å². The van der Waals surface area contributed by atoms with Gasteiger partial charge in [-0.25, -0.2) is 8.42 Å². The summed E-state index contributed by atoms with van der Waals surface area (Å²) in [6.45, 7) is 1.62. The van der Waals surface area contributed by atoms with Crippen molar-refractivity contribution in [1.82, 2.24) is 14.4 Å². The standard InChI is InChI=1S/C19H18BrN3O5S/c20-15-3-1-2-14(12-15)19-21-18(28-22-19)13-27-16-4-6-17(7-5-16)29(24,25)23-8-10-26-11-9-23/h1-7,12H,8-11,13H2. The highest BCUT2D eigenvalue weighted by atomic mass is 79.9. The molecule has 0 aliphatic carbocycles. The molecular weight excluding hydrogens is 462 g/mol. The number of ether oxygens (including phenoxy) is 2.